The highest BCUT2D eigenvalue weighted by atomic mass is 35.5. The van der Waals surface area contributed by atoms with Gasteiger partial charge in [0.1, 0.15) is 22.2 Å². The van der Waals surface area contributed by atoms with Crippen LogP contribution in [0.25, 0.3) is 10.9 Å². The highest BCUT2D eigenvalue weighted by molar-refractivity contribution is 6.30. The molecule has 2 aromatic carbocycles. The summed E-state index contributed by atoms with van der Waals surface area (Å²) in [5.74, 6) is 1.33. The molecule has 0 fully saturated rings. The van der Waals surface area contributed by atoms with E-state index < -0.39 is 0 Å². The van der Waals surface area contributed by atoms with Gasteiger partial charge < -0.3 is 9.47 Å². The minimum Gasteiger partial charge on any atom is -0.497 e. The first-order chi connectivity index (χ1) is 14.5. The average Bonchev–Trinajstić information content (AvgIpc) is 3.23. The molecule has 0 saturated carbocycles. The van der Waals surface area contributed by atoms with E-state index >= 15 is 0 Å². The van der Waals surface area contributed by atoms with Crippen molar-refractivity contribution >= 4 is 34.1 Å². The van der Waals surface area contributed by atoms with Crippen LogP contribution in [0.2, 0.25) is 5.15 Å². The molecule has 0 saturated heterocycles. The lowest BCUT2D eigenvalue weighted by molar-refractivity contribution is -0.132. The van der Waals surface area contributed by atoms with Crippen LogP contribution in [-0.4, -0.2) is 35.8 Å². The van der Waals surface area contributed by atoms with Crippen molar-refractivity contribution in [1.29, 1.82) is 0 Å². The van der Waals surface area contributed by atoms with Gasteiger partial charge in [0.25, 0.3) is 0 Å². The molecule has 4 rings (SSSR count). The van der Waals surface area contributed by atoms with Crippen molar-refractivity contribution in [2.45, 2.75) is 25.8 Å². The minimum atomic E-state index is -0.325. The van der Waals surface area contributed by atoms with Crippen LogP contribution in [-0.2, 0) is 4.79 Å². The van der Waals surface area contributed by atoms with Crippen LogP contribution >= 0.6 is 11.6 Å². The minimum absolute atomic E-state index is 0.0697. The highest BCUT2D eigenvalue weighted by Crippen LogP contribution is 2.38. The average molecular weight is 424 g/mol. The molecule has 3 aromatic rings. The van der Waals surface area contributed by atoms with E-state index in [4.69, 9.17) is 21.1 Å². The molecule has 1 unspecified atom stereocenters. The number of rotatable bonds is 5. The lowest BCUT2D eigenvalue weighted by Crippen LogP contribution is -2.26. The van der Waals surface area contributed by atoms with Crippen LogP contribution in [0.15, 0.2) is 53.6 Å². The number of hydrogen-bond donors (Lipinski definition) is 0. The molecule has 0 N–H and O–H groups in total. The monoisotopic (exact) mass is 423 g/mol. The van der Waals surface area contributed by atoms with E-state index in [0.717, 1.165) is 28.0 Å². The zero-order valence-corrected chi connectivity index (χ0v) is 17.8. The Hall–Kier alpha value is -3.12. The summed E-state index contributed by atoms with van der Waals surface area (Å²) in [6.07, 6.45) is 0.883. The normalized spacial score (nSPS) is 15.9. The van der Waals surface area contributed by atoms with Crippen LogP contribution in [0.1, 0.15) is 36.9 Å². The summed E-state index contributed by atoms with van der Waals surface area (Å²) < 4.78 is 10.7. The maximum Gasteiger partial charge on any atom is 0.242 e. The maximum atomic E-state index is 12.7. The van der Waals surface area contributed by atoms with Crippen molar-refractivity contribution in [1.82, 2.24) is 9.99 Å². The summed E-state index contributed by atoms with van der Waals surface area (Å²) in [4.78, 5) is 17.3. The number of hydrogen-bond acceptors (Lipinski definition) is 5. The van der Waals surface area contributed by atoms with Crippen LogP contribution in [0.4, 0.5) is 0 Å². The Morgan fingerprint density at radius 2 is 1.97 bits per heavy atom. The predicted molar refractivity (Wildman–Crippen MR) is 117 cm³/mol. The molecule has 1 aliphatic rings. The van der Waals surface area contributed by atoms with Crippen molar-refractivity contribution in [3.05, 3.63) is 64.8 Å². The molecule has 154 valence electrons. The molecule has 0 aliphatic carbocycles. The number of ether oxygens (including phenoxy) is 2. The maximum absolute atomic E-state index is 12.7. The molecule has 1 amide bonds. The van der Waals surface area contributed by atoms with Gasteiger partial charge in [-0.05, 0) is 24.3 Å². The van der Waals surface area contributed by atoms with E-state index in [0.29, 0.717) is 29.3 Å². The van der Waals surface area contributed by atoms with Crippen molar-refractivity contribution in [2.24, 2.45) is 5.10 Å². The third-order valence-corrected chi connectivity index (χ3v) is 5.54. The summed E-state index contributed by atoms with van der Waals surface area (Å²) >= 11 is 6.59. The predicted octanol–water partition coefficient (Wildman–Crippen LogP) is 4.99. The third kappa shape index (κ3) is 3.59. The molecule has 1 atom stereocenters. The molecule has 0 bridgehead atoms. The topological polar surface area (TPSA) is 64.0 Å². The molecular weight excluding hydrogens is 402 g/mol. The lowest BCUT2D eigenvalue weighted by atomic mass is 9.98. The van der Waals surface area contributed by atoms with E-state index in [1.54, 1.807) is 14.2 Å². The molecule has 2 heterocycles. The Bertz CT molecular complexity index is 1150. The number of amides is 1. The van der Waals surface area contributed by atoms with Gasteiger partial charge in [-0.2, -0.15) is 5.10 Å². The largest absolute Gasteiger partial charge is 0.497 e. The van der Waals surface area contributed by atoms with Crippen molar-refractivity contribution in [3.63, 3.8) is 0 Å². The van der Waals surface area contributed by atoms with Crippen LogP contribution < -0.4 is 9.47 Å². The summed E-state index contributed by atoms with van der Waals surface area (Å²) in [6, 6.07) is 15.0. The van der Waals surface area contributed by atoms with Gasteiger partial charge in [-0.1, -0.05) is 42.8 Å². The smallest absolute Gasteiger partial charge is 0.242 e. The first-order valence-electron chi connectivity index (χ1n) is 9.72. The first-order valence-corrected chi connectivity index (χ1v) is 10.1. The fourth-order valence-electron chi connectivity index (χ4n) is 3.69. The standard InChI is InChI=1S/C23H22ClN3O3/c1-4-21(28)27-19(13-18(26-27)14-7-5-9-16(11-14)29-2)17-12-15-8-6-10-20(30-3)22(15)25-23(17)24/h5-12,19H,4,13H2,1-3H3. The second kappa shape index (κ2) is 8.32. The van der Waals surface area contributed by atoms with Crippen LogP contribution in [0.3, 0.4) is 0 Å². The van der Waals surface area contributed by atoms with Crippen LogP contribution in [0.5, 0.6) is 11.5 Å². The Balaban J connectivity index is 1.78. The van der Waals surface area contributed by atoms with Crippen molar-refractivity contribution in [2.75, 3.05) is 14.2 Å². The lowest BCUT2D eigenvalue weighted by Gasteiger charge is -2.22. The molecule has 0 spiro atoms. The second-order valence-electron chi connectivity index (χ2n) is 6.99. The van der Waals surface area contributed by atoms with Gasteiger partial charge in [0.05, 0.1) is 26.0 Å². The highest BCUT2D eigenvalue weighted by Gasteiger charge is 2.34. The number of halogens is 1. The van der Waals surface area contributed by atoms with Gasteiger partial charge in [-0.3, -0.25) is 4.79 Å². The van der Waals surface area contributed by atoms with Gasteiger partial charge in [0.15, 0.2) is 0 Å². The molecule has 30 heavy (non-hydrogen) atoms. The zero-order chi connectivity index (χ0) is 21.3. The zero-order valence-electron chi connectivity index (χ0n) is 17.1. The van der Waals surface area contributed by atoms with Crippen LogP contribution in [0, 0.1) is 0 Å². The fourth-order valence-corrected chi connectivity index (χ4v) is 3.95. The van der Waals surface area contributed by atoms with Gasteiger partial charge in [-0.15, -0.1) is 0 Å². The molecule has 7 heteroatoms. The van der Waals surface area contributed by atoms with E-state index in [1.165, 1.54) is 5.01 Å². The number of fused-ring (bicyclic) bond motifs is 1. The SMILES string of the molecule is CCC(=O)N1N=C(c2cccc(OC)c2)CC1c1cc2cccc(OC)c2nc1Cl. The number of para-hydroxylation sites is 1. The number of carbonyl (C=O) groups excluding carboxylic acids is 1. The Morgan fingerprint density at radius 1 is 1.17 bits per heavy atom. The van der Waals surface area contributed by atoms with E-state index in [-0.39, 0.29) is 11.9 Å². The number of aromatic nitrogens is 1. The second-order valence-corrected chi connectivity index (χ2v) is 7.35. The summed E-state index contributed by atoms with van der Waals surface area (Å²) in [5, 5.41) is 7.42. The third-order valence-electron chi connectivity index (χ3n) is 5.24. The molecule has 1 aliphatic heterocycles. The van der Waals surface area contributed by atoms with E-state index in [9.17, 15) is 4.79 Å². The number of nitrogens with zero attached hydrogens (tertiary/aromatic N) is 3. The van der Waals surface area contributed by atoms with Crippen molar-refractivity contribution < 1.29 is 14.3 Å². The summed E-state index contributed by atoms with van der Waals surface area (Å²) in [6.45, 7) is 1.82. The Kier molecular flexibility index (Phi) is 5.59. The fraction of sp³-hybridized carbons (Fsp3) is 0.261. The number of benzene rings is 2. The Labute approximate surface area is 180 Å². The first kappa shape index (κ1) is 20.2. The van der Waals surface area contributed by atoms with Gasteiger partial charge in [0, 0.05) is 29.4 Å². The van der Waals surface area contributed by atoms with Gasteiger partial charge >= 0.3 is 0 Å². The number of methoxy groups -OCH3 is 2. The van der Waals surface area contributed by atoms with Gasteiger partial charge in [-0.25, -0.2) is 9.99 Å². The summed E-state index contributed by atoms with van der Waals surface area (Å²) in [5.41, 5.74) is 3.18. The van der Waals surface area contributed by atoms with Gasteiger partial charge in [0.2, 0.25) is 5.91 Å². The number of carbonyl (C=O) groups is 1. The molecule has 0 radical (unpaired) electrons. The molecule has 6 nitrogen and oxygen atoms in total. The molecule has 1 aromatic heterocycles. The molecular formula is C23H22ClN3O3. The number of pyridine rings is 1. The van der Waals surface area contributed by atoms with E-state index in [2.05, 4.69) is 10.1 Å². The Morgan fingerprint density at radius 3 is 2.70 bits per heavy atom. The quantitative estimate of drug-likeness (QED) is 0.542. The van der Waals surface area contributed by atoms with Crippen molar-refractivity contribution in [3.8, 4) is 11.5 Å². The van der Waals surface area contributed by atoms with E-state index in [1.807, 2.05) is 55.5 Å². The number of hydrazone groups is 1. The summed E-state index contributed by atoms with van der Waals surface area (Å²) in [7, 11) is 3.23.